The van der Waals surface area contributed by atoms with Gasteiger partial charge in [0.05, 0.1) is 18.9 Å². The van der Waals surface area contributed by atoms with E-state index >= 15 is 0 Å². The molecule has 0 unspecified atom stereocenters. The van der Waals surface area contributed by atoms with Crippen LogP contribution in [0.3, 0.4) is 0 Å². The van der Waals surface area contributed by atoms with E-state index in [1.165, 1.54) is 5.56 Å². The molecule has 1 aliphatic heterocycles. The molecular weight excluding hydrogens is 404 g/mol. The SMILES string of the molecule is Cc1nn(-c2cc(N3CCOCC3)ncn2)c(C)c1CCC(=O)NCCc1ccccc1. The number of benzene rings is 1. The van der Waals surface area contributed by atoms with E-state index in [1.807, 2.05) is 42.8 Å². The van der Waals surface area contributed by atoms with Crippen LogP contribution in [0.1, 0.15) is 28.9 Å². The standard InChI is InChI=1S/C24H30N6O2/c1-18-21(8-9-24(31)25-11-10-20-6-4-3-5-7-20)19(2)30(28-18)23-16-22(26-17-27-23)29-12-14-32-15-13-29/h3-7,16-17H,8-15H2,1-2H3,(H,25,31). The molecule has 0 saturated carbocycles. The summed E-state index contributed by atoms with van der Waals surface area (Å²) >= 11 is 0. The van der Waals surface area contributed by atoms with E-state index in [2.05, 4.69) is 32.3 Å². The summed E-state index contributed by atoms with van der Waals surface area (Å²) in [6.07, 6.45) is 3.50. The van der Waals surface area contributed by atoms with Crippen LogP contribution in [0.25, 0.3) is 5.82 Å². The Morgan fingerprint density at radius 2 is 1.81 bits per heavy atom. The molecule has 1 aliphatic rings. The number of ether oxygens (including phenoxy) is 1. The van der Waals surface area contributed by atoms with Gasteiger partial charge in [0, 0.05) is 37.8 Å². The van der Waals surface area contributed by atoms with E-state index < -0.39 is 0 Å². The fourth-order valence-electron chi connectivity index (χ4n) is 4.00. The molecule has 1 saturated heterocycles. The summed E-state index contributed by atoms with van der Waals surface area (Å²) in [4.78, 5) is 23.4. The van der Waals surface area contributed by atoms with Crippen LogP contribution in [-0.2, 0) is 22.4 Å². The number of aromatic nitrogens is 4. The van der Waals surface area contributed by atoms with Crippen LogP contribution in [-0.4, -0.2) is 58.5 Å². The number of hydrogen-bond donors (Lipinski definition) is 1. The lowest BCUT2D eigenvalue weighted by Gasteiger charge is -2.27. The maximum absolute atomic E-state index is 12.4. The Balaban J connectivity index is 1.37. The van der Waals surface area contributed by atoms with Crippen molar-refractivity contribution in [1.82, 2.24) is 25.1 Å². The maximum Gasteiger partial charge on any atom is 0.220 e. The first kappa shape index (κ1) is 22.0. The molecule has 2 aromatic heterocycles. The topological polar surface area (TPSA) is 85.2 Å². The van der Waals surface area contributed by atoms with E-state index in [9.17, 15) is 4.79 Å². The molecule has 1 fully saturated rings. The molecule has 0 atom stereocenters. The molecule has 0 radical (unpaired) electrons. The molecule has 1 N–H and O–H groups in total. The fourth-order valence-corrected chi connectivity index (χ4v) is 4.00. The van der Waals surface area contributed by atoms with Crippen LogP contribution < -0.4 is 10.2 Å². The lowest BCUT2D eigenvalue weighted by atomic mass is 10.1. The highest BCUT2D eigenvalue weighted by atomic mass is 16.5. The zero-order valence-corrected chi connectivity index (χ0v) is 18.8. The van der Waals surface area contributed by atoms with E-state index in [4.69, 9.17) is 9.84 Å². The fraction of sp³-hybridized carbons (Fsp3) is 0.417. The van der Waals surface area contributed by atoms with Gasteiger partial charge in [0.2, 0.25) is 5.91 Å². The number of carbonyl (C=O) groups excluding carboxylic acids is 1. The summed E-state index contributed by atoms with van der Waals surface area (Å²) in [6.45, 7) is 7.70. The highest BCUT2D eigenvalue weighted by molar-refractivity contribution is 5.76. The lowest BCUT2D eigenvalue weighted by molar-refractivity contribution is -0.121. The predicted octanol–water partition coefficient (Wildman–Crippen LogP) is 2.41. The average molecular weight is 435 g/mol. The van der Waals surface area contributed by atoms with Crippen molar-refractivity contribution in [1.29, 1.82) is 0 Å². The third kappa shape index (κ3) is 5.31. The van der Waals surface area contributed by atoms with Crippen LogP contribution in [0, 0.1) is 13.8 Å². The van der Waals surface area contributed by atoms with Gasteiger partial charge in [-0.15, -0.1) is 0 Å². The van der Waals surface area contributed by atoms with Gasteiger partial charge in [0.15, 0.2) is 5.82 Å². The molecule has 8 nitrogen and oxygen atoms in total. The summed E-state index contributed by atoms with van der Waals surface area (Å²) in [6, 6.07) is 12.1. The normalized spacial score (nSPS) is 13.9. The third-order valence-electron chi connectivity index (χ3n) is 5.81. The lowest BCUT2D eigenvalue weighted by Crippen LogP contribution is -2.36. The molecule has 3 heterocycles. The minimum absolute atomic E-state index is 0.0594. The van der Waals surface area contributed by atoms with Crippen molar-refractivity contribution in [2.75, 3.05) is 37.7 Å². The van der Waals surface area contributed by atoms with Gasteiger partial charge < -0.3 is 15.0 Å². The molecule has 8 heteroatoms. The minimum atomic E-state index is 0.0594. The monoisotopic (exact) mass is 434 g/mol. The van der Waals surface area contributed by atoms with Crippen LogP contribution in [0.2, 0.25) is 0 Å². The van der Waals surface area contributed by atoms with Gasteiger partial charge in [0.25, 0.3) is 0 Å². The molecule has 32 heavy (non-hydrogen) atoms. The molecule has 1 amide bonds. The Kier molecular flexibility index (Phi) is 7.11. The summed E-state index contributed by atoms with van der Waals surface area (Å²) in [5, 5.41) is 7.72. The number of morpholine rings is 1. The first-order valence-electron chi connectivity index (χ1n) is 11.1. The second kappa shape index (κ2) is 10.4. The third-order valence-corrected chi connectivity index (χ3v) is 5.81. The number of anilines is 1. The van der Waals surface area contributed by atoms with Gasteiger partial charge in [0.1, 0.15) is 12.1 Å². The van der Waals surface area contributed by atoms with Crippen LogP contribution >= 0.6 is 0 Å². The number of nitrogens with one attached hydrogen (secondary N) is 1. The quantitative estimate of drug-likeness (QED) is 0.586. The Morgan fingerprint density at radius 1 is 1.06 bits per heavy atom. The van der Waals surface area contributed by atoms with Crippen LogP contribution in [0.5, 0.6) is 0 Å². The van der Waals surface area contributed by atoms with Gasteiger partial charge in [-0.25, -0.2) is 14.6 Å². The summed E-state index contributed by atoms with van der Waals surface area (Å²) in [5.74, 6) is 1.68. The zero-order valence-electron chi connectivity index (χ0n) is 18.8. The summed E-state index contributed by atoms with van der Waals surface area (Å²) < 4.78 is 7.28. The van der Waals surface area contributed by atoms with Gasteiger partial charge in [-0.1, -0.05) is 30.3 Å². The van der Waals surface area contributed by atoms with Crippen molar-refractivity contribution in [3.8, 4) is 5.82 Å². The van der Waals surface area contributed by atoms with E-state index in [1.54, 1.807) is 6.33 Å². The highest BCUT2D eigenvalue weighted by Crippen LogP contribution is 2.21. The molecule has 0 bridgehead atoms. The van der Waals surface area contributed by atoms with Crippen LogP contribution in [0.15, 0.2) is 42.7 Å². The first-order valence-corrected chi connectivity index (χ1v) is 11.1. The largest absolute Gasteiger partial charge is 0.378 e. The molecular formula is C24H30N6O2. The van der Waals surface area contributed by atoms with Crippen molar-refractivity contribution in [3.05, 3.63) is 65.2 Å². The van der Waals surface area contributed by atoms with E-state index in [0.29, 0.717) is 32.6 Å². The first-order chi connectivity index (χ1) is 15.6. The van der Waals surface area contributed by atoms with E-state index in [0.717, 1.165) is 48.1 Å². The van der Waals surface area contributed by atoms with Gasteiger partial charge in [-0.05, 0) is 37.8 Å². The predicted molar refractivity (Wildman–Crippen MR) is 123 cm³/mol. The molecule has 1 aromatic carbocycles. The molecule has 4 rings (SSSR count). The van der Waals surface area contributed by atoms with Crippen molar-refractivity contribution >= 4 is 11.7 Å². The van der Waals surface area contributed by atoms with Crippen molar-refractivity contribution in [2.45, 2.75) is 33.1 Å². The number of nitrogens with zero attached hydrogens (tertiary/aromatic N) is 5. The van der Waals surface area contributed by atoms with Gasteiger partial charge in [-0.3, -0.25) is 4.79 Å². The van der Waals surface area contributed by atoms with Gasteiger partial charge in [-0.2, -0.15) is 5.10 Å². The Labute approximate surface area is 188 Å². The molecule has 0 spiro atoms. The smallest absolute Gasteiger partial charge is 0.220 e. The Hall–Kier alpha value is -3.26. The highest BCUT2D eigenvalue weighted by Gasteiger charge is 2.17. The van der Waals surface area contributed by atoms with Crippen LogP contribution in [0.4, 0.5) is 5.82 Å². The molecule has 0 aliphatic carbocycles. The number of aryl methyl sites for hydroxylation is 1. The maximum atomic E-state index is 12.4. The van der Waals surface area contributed by atoms with Crippen molar-refractivity contribution in [2.24, 2.45) is 0 Å². The molecule has 168 valence electrons. The summed E-state index contributed by atoms with van der Waals surface area (Å²) in [7, 11) is 0. The van der Waals surface area contributed by atoms with Crippen molar-refractivity contribution in [3.63, 3.8) is 0 Å². The van der Waals surface area contributed by atoms with Gasteiger partial charge >= 0.3 is 0 Å². The minimum Gasteiger partial charge on any atom is -0.378 e. The number of hydrogen-bond acceptors (Lipinski definition) is 6. The van der Waals surface area contributed by atoms with Crippen molar-refractivity contribution < 1.29 is 9.53 Å². The second-order valence-corrected chi connectivity index (χ2v) is 7.98. The number of amides is 1. The Bertz CT molecular complexity index is 1040. The zero-order chi connectivity index (χ0) is 22.3. The average Bonchev–Trinajstić information content (AvgIpc) is 3.12. The second-order valence-electron chi connectivity index (χ2n) is 7.98. The summed E-state index contributed by atoms with van der Waals surface area (Å²) in [5.41, 5.74) is 4.24. The Morgan fingerprint density at radius 3 is 2.59 bits per heavy atom. The number of rotatable bonds is 8. The number of carbonyl (C=O) groups is 1. The van der Waals surface area contributed by atoms with E-state index in [-0.39, 0.29) is 5.91 Å². The molecule has 3 aromatic rings.